The average Bonchev–Trinajstić information content (AvgIpc) is 2.94. The second-order valence-electron chi connectivity index (χ2n) is 5.06. The van der Waals surface area contributed by atoms with Crippen molar-refractivity contribution in [3.8, 4) is 11.3 Å². The van der Waals surface area contributed by atoms with Gasteiger partial charge >= 0.3 is 5.97 Å². The number of carboxylic acid groups (broad SMARTS) is 1. The molecule has 0 bridgehead atoms. The third-order valence-electron chi connectivity index (χ3n) is 3.11. The number of carboxylic acids is 1. The number of carbonyl (C=O) groups is 2. The molecule has 116 valence electrons. The van der Waals surface area contributed by atoms with Crippen molar-refractivity contribution in [1.29, 1.82) is 0 Å². The summed E-state index contributed by atoms with van der Waals surface area (Å²) in [5, 5.41) is 18.6. The Labute approximate surface area is 132 Å². The van der Waals surface area contributed by atoms with E-state index in [4.69, 9.17) is 16.7 Å². The minimum absolute atomic E-state index is 0.00806. The number of nitrogens with one attached hydrogen (secondary N) is 2. The van der Waals surface area contributed by atoms with E-state index in [1.807, 2.05) is 18.2 Å². The Morgan fingerprint density at radius 1 is 1.41 bits per heavy atom. The zero-order valence-electron chi connectivity index (χ0n) is 12.0. The normalized spacial score (nSPS) is 11.9. The third kappa shape index (κ3) is 4.08. The highest BCUT2D eigenvalue weighted by Crippen LogP contribution is 2.26. The average molecular weight is 322 g/mol. The summed E-state index contributed by atoms with van der Waals surface area (Å²) >= 11 is 6.09. The third-order valence-corrected chi connectivity index (χ3v) is 3.44. The Morgan fingerprint density at radius 2 is 2.14 bits per heavy atom. The standard InChI is InChI=1S/C15H16ClN3O3/c1-9(6-14(20)21)8-17-15(22)13-7-12(18-19-13)10-4-2-3-5-11(10)16/h2-5,7,9H,6,8H2,1H3,(H,17,22)(H,18,19)(H,20,21). The molecule has 6 nitrogen and oxygen atoms in total. The van der Waals surface area contributed by atoms with Crippen molar-refractivity contribution in [3.63, 3.8) is 0 Å². The van der Waals surface area contributed by atoms with Crippen LogP contribution in [0.5, 0.6) is 0 Å². The molecular formula is C15H16ClN3O3. The molecule has 2 rings (SSSR count). The van der Waals surface area contributed by atoms with Gasteiger partial charge in [0, 0.05) is 18.5 Å². The van der Waals surface area contributed by atoms with Gasteiger partial charge in [-0.3, -0.25) is 14.7 Å². The van der Waals surface area contributed by atoms with Crippen LogP contribution in [0.15, 0.2) is 30.3 Å². The number of aliphatic carboxylic acids is 1. The zero-order valence-corrected chi connectivity index (χ0v) is 12.7. The fraction of sp³-hybridized carbons (Fsp3) is 0.267. The Bertz CT molecular complexity index is 684. The number of benzene rings is 1. The number of nitrogens with zero attached hydrogens (tertiary/aromatic N) is 1. The van der Waals surface area contributed by atoms with Crippen LogP contribution in [0.1, 0.15) is 23.8 Å². The molecule has 0 saturated heterocycles. The zero-order chi connectivity index (χ0) is 16.1. The minimum Gasteiger partial charge on any atom is -0.481 e. The topological polar surface area (TPSA) is 95.1 Å². The predicted molar refractivity (Wildman–Crippen MR) is 82.8 cm³/mol. The van der Waals surface area contributed by atoms with Crippen molar-refractivity contribution in [2.45, 2.75) is 13.3 Å². The minimum atomic E-state index is -0.885. The lowest BCUT2D eigenvalue weighted by molar-refractivity contribution is -0.137. The molecule has 1 heterocycles. The van der Waals surface area contributed by atoms with Crippen LogP contribution in [0.25, 0.3) is 11.3 Å². The Morgan fingerprint density at radius 3 is 2.82 bits per heavy atom. The first kappa shape index (κ1) is 16.0. The summed E-state index contributed by atoms with van der Waals surface area (Å²) in [6.45, 7) is 2.04. The van der Waals surface area contributed by atoms with Gasteiger partial charge in [-0.2, -0.15) is 5.10 Å². The molecule has 1 amide bonds. The first-order valence-electron chi connectivity index (χ1n) is 6.77. The van der Waals surface area contributed by atoms with Gasteiger partial charge in [0.2, 0.25) is 0 Å². The fourth-order valence-corrected chi connectivity index (χ4v) is 2.21. The second-order valence-corrected chi connectivity index (χ2v) is 5.47. The summed E-state index contributed by atoms with van der Waals surface area (Å²) < 4.78 is 0. The molecular weight excluding hydrogens is 306 g/mol. The van der Waals surface area contributed by atoms with Crippen LogP contribution in [0.2, 0.25) is 5.02 Å². The molecule has 0 spiro atoms. The Kier molecular flexibility index (Phi) is 5.16. The molecule has 0 fully saturated rings. The van der Waals surface area contributed by atoms with E-state index in [-0.39, 0.29) is 24.8 Å². The summed E-state index contributed by atoms with van der Waals surface area (Å²) in [6.07, 6.45) is 0.00806. The molecule has 1 unspecified atom stereocenters. The largest absolute Gasteiger partial charge is 0.481 e. The highest BCUT2D eigenvalue weighted by atomic mass is 35.5. The van der Waals surface area contributed by atoms with Crippen LogP contribution in [0.4, 0.5) is 0 Å². The lowest BCUT2D eigenvalue weighted by atomic mass is 10.1. The first-order chi connectivity index (χ1) is 10.5. The van der Waals surface area contributed by atoms with Gasteiger partial charge < -0.3 is 10.4 Å². The molecule has 3 N–H and O–H groups in total. The number of hydrogen-bond donors (Lipinski definition) is 3. The van der Waals surface area contributed by atoms with E-state index in [0.717, 1.165) is 5.56 Å². The molecule has 1 aromatic heterocycles. The Balaban J connectivity index is 2.01. The van der Waals surface area contributed by atoms with Crippen LogP contribution >= 0.6 is 11.6 Å². The van der Waals surface area contributed by atoms with Crippen molar-refractivity contribution >= 4 is 23.5 Å². The van der Waals surface area contributed by atoms with Crippen LogP contribution in [0, 0.1) is 5.92 Å². The fourth-order valence-electron chi connectivity index (χ4n) is 1.98. The van der Waals surface area contributed by atoms with Crippen LogP contribution < -0.4 is 5.32 Å². The predicted octanol–water partition coefficient (Wildman–Crippen LogP) is 2.57. The van der Waals surface area contributed by atoms with Gasteiger partial charge in [0.15, 0.2) is 0 Å². The number of aromatic nitrogens is 2. The van der Waals surface area contributed by atoms with Crippen LogP contribution in [-0.4, -0.2) is 33.7 Å². The summed E-state index contributed by atoms with van der Waals surface area (Å²) in [5.74, 6) is -1.36. The van der Waals surface area contributed by atoms with Crippen molar-refractivity contribution in [3.05, 3.63) is 41.0 Å². The number of amides is 1. The molecule has 1 aromatic carbocycles. The molecule has 0 radical (unpaired) electrons. The molecule has 0 aliphatic heterocycles. The van der Waals surface area contributed by atoms with Gasteiger partial charge in [0.1, 0.15) is 5.69 Å². The molecule has 0 aliphatic carbocycles. The Hall–Kier alpha value is -2.34. The van der Waals surface area contributed by atoms with E-state index in [2.05, 4.69) is 15.5 Å². The van der Waals surface area contributed by atoms with Crippen molar-refractivity contribution in [2.24, 2.45) is 5.92 Å². The first-order valence-corrected chi connectivity index (χ1v) is 7.15. The number of halogens is 1. The monoisotopic (exact) mass is 321 g/mol. The molecule has 7 heteroatoms. The summed E-state index contributed by atoms with van der Waals surface area (Å²) in [5.41, 5.74) is 1.62. The number of H-pyrrole nitrogens is 1. The lowest BCUT2D eigenvalue weighted by Gasteiger charge is -2.09. The maximum Gasteiger partial charge on any atom is 0.303 e. The summed E-state index contributed by atoms with van der Waals surface area (Å²) in [6, 6.07) is 8.82. The summed E-state index contributed by atoms with van der Waals surface area (Å²) in [7, 11) is 0. The van der Waals surface area contributed by atoms with Gasteiger partial charge in [-0.25, -0.2) is 0 Å². The molecule has 0 aliphatic rings. The van der Waals surface area contributed by atoms with Gasteiger partial charge in [-0.05, 0) is 18.1 Å². The molecule has 1 atom stereocenters. The van der Waals surface area contributed by atoms with E-state index in [9.17, 15) is 9.59 Å². The van der Waals surface area contributed by atoms with E-state index >= 15 is 0 Å². The van der Waals surface area contributed by atoms with Crippen LogP contribution in [-0.2, 0) is 4.79 Å². The lowest BCUT2D eigenvalue weighted by Crippen LogP contribution is -2.29. The van der Waals surface area contributed by atoms with Gasteiger partial charge in [-0.15, -0.1) is 0 Å². The smallest absolute Gasteiger partial charge is 0.303 e. The van der Waals surface area contributed by atoms with E-state index < -0.39 is 5.97 Å². The van der Waals surface area contributed by atoms with Crippen molar-refractivity contribution in [2.75, 3.05) is 6.54 Å². The number of rotatable bonds is 6. The molecule has 22 heavy (non-hydrogen) atoms. The SMILES string of the molecule is CC(CNC(=O)c1cc(-c2ccccc2Cl)n[nH]1)CC(=O)O. The van der Waals surface area contributed by atoms with E-state index in [1.165, 1.54) is 0 Å². The number of carbonyl (C=O) groups excluding carboxylic acids is 1. The summed E-state index contributed by atoms with van der Waals surface area (Å²) in [4.78, 5) is 22.6. The van der Waals surface area contributed by atoms with Crippen LogP contribution in [0.3, 0.4) is 0 Å². The quantitative estimate of drug-likeness (QED) is 0.762. The van der Waals surface area contributed by atoms with Crippen molar-refractivity contribution < 1.29 is 14.7 Å². The van der Waals surface area contributed by atoms with E-state index in [1.54, 1.807) is 19.1 Å². The van der Waals surface area contributed by atoms with Gasteiger partial charge in [0.25, 0.3) is 5.91 Å². The second kappa shape index (κ2) is 7.09. The number of aromatic amines is 1. The number of hydrogen-bond acceptors (Lipinski definition) is 3. The maximum atomic E-state index is 12.0. The highest BCUT2D eigenvalue weighted by molar-refractivity contribution is 6.33. The van der Waals surface area contributed by atoms with Gasteiger partial charge in [0.05, 0.1) is 10.7 Å². The molecule has 2 aromatic rings. The van der Waals surface area contributed by atoms with Gasteiger partial charge in [-0.1, -0.05) is 36.7 Å². The van der Waals surface area contributed by atoms with Crippen molar-refractivity contribution in [1.82, 2.24) is 15.5 Å². The molecule has 0 saturated carbocycles. The van der Waals surface area contributed by atoms with E-state index in [0.29, 0.717) is 16.4 Å². The maximum absolute atomic E-state index is 12.0. The highest BCUT2D eigenvalue weighted by Gasteiger charge is 2.14.